The van der Waals surface area contributed by atoms with Crippen LogP contribution in [0.1, 0.15) is 23.8 Å². The Balaban J connectivity index is 0.000000553. The van der Waals surface area contributed by atoms with Crippen LogP contribution in [0.25, 0.3) is 11.1 Å². The summed E-state index contributed by atoms with van der Waals surface area (Å²) in [6, 6.07) is 5.79. The van der Waals surface area contributed by atoms with Gasteiger partial charge in [-0.1, -0.05) is 12.1 Å². The average molecular weight is 423 g/mol. The van der Waals surface area contributed by atoms with E-state index in [9.17, 15) is 14.3 Å². The molecule has 0 spiro atoms. The molecular weight excluding hydrogens is 391 g/mol. The summed E-state index contributed by atoms with van der Waals surface area (Å²) in [4.78, 5) is 23.4. The van der Waals surface area contributed by atoms with Crippen molar-refractivity contribution < 1.29 is 24.1 Å². The van der Waals surface area contributed by atoms with Crippen molar-refractivity contribution in [2.75, 3.05) is 47.9 Å². The van der Waals surface area contributed by atoms with Crippen molar-refractivity contribution >= 4 is 5.97 Å². The van der Waals surface area contributed by atoms with E-state index in [-0.39, 0.29) is 18.3 Å². The minimum Gasteiger partial charge on any atom is -0.476 e. The highest BCUT2D eigenvalue weighted by atomic mass is 19.1. The van der Waals surface area contributed by atoms with Crippen LogP contribution in [-0.2, 0) is 0 Å². The SMILES string of the molecule is CC(CO)N(C)C.CN(C)CCCOc1ncc(-c2ccc(F)cc2)c(C(=O)O)n1. The van der Waals surface area contributed by atoms with Crippen molar-refractivity contribution in [3.63, 3.8) is 0 Å². The van der Waals surface area contributed by atoms with E-state index in [4.69, 9.17) is 9.84 Å². The molecule has 2 rings (SSSR count). The molecule has 8 nitrogen and oxygen atoms in total. The van der Waals surface area contributed by atoms with E-state index in [1.165, 1.54) is 30.5 Å². The molecular formula is C21H31FN4O4. The molecule has 1 unspecified atom stereocenters. The molecule has 0 aliphatic carbocycles. The Morgan fingerprint density at radius 2 is 1.83 bits per heavy atom. The lowest BCUT2D eigenvalue weighted by Crippen LogP contribution is -2.27. The normalized spacial score (nSPS) is 11.8. The van der Waals surface area contributed by atoms with E-state index in [0.29, 0.717) is 23.8 Å². The highest BCUT2D eigenvalue weighted by Gasteiger charge is 2.16. The third kappa shape index (κ3) is 8.81. The van der Waals surface area contributed by atoms with E-state index in [1.54, 1.807) is 0 Å². The van der Waals surface area contributed by atoms with Gasteiger partial charge in [-0.15, -0.1) is 0 Å². The van der Waals surface area contributed by atoms with E-state index >= 15 is 0 Å². The van der Waals surface area contributed by atoms with Crippen LogP contribution in [-0.4, -0.2) is 89.9 Å². The number of rotatable bonds is 9. The lowest BCUT2D eigenvalue weighted by Gasteiger charge is -2.15. The quantitative estimate of drug-likeness (QED) is 0.594. The number of hydrogen-bond donors (Lipinski definition) is 2. The standard InChI is InChI=1S/C16H18FN3O3.C5H13NO/c1-20(2)8-3-9-23-16-18-10-13(14(19-16)15(21)22)11-4-6-12(17)7-5-11;1-5(4-7)6(2)3/h4-7,10H,3,8-9H2,1-2H3,(H,21,22);5,7H,4H2,1-3H3. The highest BCUT2D eigenvalue weighted by molar-refractivity contribution is 5.93. The van der Waals surface area contributed by atoms with Crippen LogP contribution in [0.15, 0.2) is 30.5 Å². The molecule has 0 saturated heterocycles. The molecule has 0 aliphatic rings. The second-order valence-corrected chi connectivity index (χ2v) is 7.23. The smallest absolute Gasteiger partial charge is 0.355 e. The average Bonchev–Trinajstić information content (AvgIpc) is 2.71. The number of hydrogen-bond acceptors (Lipinski definition) is 7. The monoisotopic (exact) mass is 422 g/mol. The summed E-state index contributed by atoms with van der Waals surface area (Å²) in [6.07, 6.45) is 2.16. The Morgan fingerprint density at radius 3 is 2.30 bits per heavy atom. The fourth-order valence-corrected chi connectivity index (χ4v) is 2.15. The zero-order valence-electron chi connectivity index (χ0n) is 18.2. The number of aliphatic hydroxyl groups excluding tert-OH is 1. The third-order valence-corrected chi connectivity index (χ3v) is 4.25. The van der Waals surface area contributed by atoms with Crippen LogP contribution >= 0.6 is 0 Å². The summed E-state index contributed by atoms with van der Waals surface area (Å²) in [7, 11) is 7.80. The van der Waals surface area contributed by atoms with E-state index in [1.807, 2.05) is 44.9 Å². The molecule has 0 amide bonds. The number of aromatic nitrogens is 2. The number of benzene rings is 1. The van der Waals surface area contributed by atoms with Crippen LogP contribution < -0.4 is 4.74 Å². The molecule has 0 radical (unpaired) electrons. The van der Waals surface area contributed by atoms with Crippen molar-refractivity contribution in [3.05, 3.63) is 42.0 Å². The zero-order chi connectivity index (χ0) is 22.7. The molecule has 1 aromatic carbocycles. The molecule has 2 aromatic rings. The molecule has 166 valence electrons. The number of aliphatic hydroxyl groups is 1. The summed E-state index contributed by atoms with van der Waals surface area (Å²) in [5.74, 6) is -1.59. The van der Waals surface area contributed by atoms with Gasteiger partial charge < -0.3 is 24.7 Å². The summed E-state index contributed by atoms with van der Waals surface area (Å²) < 4.78 is 18.4. The maximum atomic E-state index is 13.0. The first-order chi connectivity index (χ1) is 14.1. The first kappa shape index (κ1) is 25.4. The third-order valence-electron chi connectivity index (χ3n) is 4.25. The molecule has 1 heterocycles. The zero-order valence-corrected chi connectivity index (χ0v) is 18.2. The summed E-state index contributed by atoms with van der Waals surface area (Å²) in [5, 5.41) is 17.8. The summed E-state index contributed by atoms with van der Waals surface area (Å²) >= 11 is 0. The minimum absolute atomic E-state index is 0.0204. The highest BCUT2D eigenvalue weighted by Crippen LogP contribution is 2.23. The topological polar surface area (TPSA) is 99.0 Å². The van der Waals surface area contributed by atoms with Gasteiger partial charge in [0.2, 0.25) is 0 Å². The number of aromatic carboxylic acids is 1. The van der Waals surface area contributed by atoms with Gasteiger partial charge in [0, 0.05) is 24.3 Å². The molecule has 2 N–H and O–H groups in total. The van der Waals surface area contributed by atoms with Gasteiger partial charge in [0.1, 0.15) is 5.82 Å². The number of likely N-dealkylation sites (N-methyl/N-ethyl adjacent to an activating group) is 1. The maximum absolute atomic E-state index is 13.0. The minimum atomic E-state index is -1.19. The van der Waals surface area contributed by atoms with Crippen LogP contribution in [0.2, 0.25) is 0 Å². The predicted molar refractivity (Wildman–Crippen MR) is 113 cm³/mol. The Labute approximate surface area is 176 Å². The number of carbonyl (C=O) groups is 1. The molecule has 1 atom stereocenters. The second kappa shape index (κ2) is 12.8. The van der Waals surface area contributed by atoms with Gasteiger partial charge in [-0.25, -0.2) is 14.2 Å². The van der Waals surface area contributed by atoms with Crippen molar-refractivity contribution in [3.8, 4) is 17.1 Å². The van der Waals surface area contributed by atoms with Crippen molar-refractivity contribution in [1.29, 1.82) is 0 Å². The fraction of sp³-hybridized carbons (Fsp3) is 0.476. The van der Waals surface area contributed by atoms with E-state index < -0.39 is 11.8 Å². The number of nitrogens with zero attached hydrogens (tertiary/aromatic N) is 4. The van der Waals surface area contributed by atoms with Crippen molar-refractivity contribution in [2.45, 2.75) is 19.4 Å². The van der Waals surface area contributed by atoms with Gasteiger partial charge in [0.05, 0.1) is 13.2 Å². The molecule has 0 bridgehead atoms. The van der Waals surface area contributed by atoms with Gasteiger partial charge >= 0.3 is 12.0 Å². The van der Waals surface area contributed by atoms with Gasteiger partial charge in [0.25, 0.3) is 0 Å². The van der Waals surface area contributed by atoms with E-state index in [2.05, 4.69) is 9.97 Å². The number of carboxylic acid groups (broad SMARTS) is 1. The Kier molecular flexibility index (Phi) is 10.9. The Morgan fingerprint density at radius 1 is 1.20 bits per heavy atom. The van der Waals surface area contributed by atoms with Crippen LogP contribution in [0, 0.1) is 5.82 Å². The first-order valence-electron chi connectivity index (χ1n) is 9.56. The van der Waals surface area contributed by atoms with Gasteiger partial charge in [-0.2, -0.15) is 4.98 Å². The lowest BCUT2D eigenvalue weighted by atomic mass is 10.1. The predicted octanol–water partition coefficient (Wildman–Crippen LogP) is 2.24. The maximum Gasteiger partial charge on any atom is 0.355 e. The van der Waals surface area contributed by atoms with Crippen LogP contribution in [0.4, 0.5) is 4.39 Å². The molecule has 9 heteroatoms. The van der Waals surface area contributed by atoms with Gasteiger partial charge in [0.15, 0.2) is 5.69 Å². The first-order valence-corrected chi connectivity index (χ1v) is 9.56. The fourth-order valence-electron chi connectivity index (χ4n) is 2.15. The van der Waals surface area contributed by atoms with Gasteiger partial charge in [-0.05, 0) is 59.2 Å². The molecule has 0 fully saturated rings. The lowest BCUT2D eigenvalue weighted by molar-refractivity contribution is 0.0689. The van der Waals surface area contributed by atoms with Crippen LogP contribution in [0.5, 0.6) is 6.01 Å². The van der Waals surface area contributed by atoms with Crippen molar-refractivity contribution in [1.82, 2.24) is 19.8 Å². The van der Waals surface area contributed by atoms with E-state index in [0.717, 1.165) is 13.0 Å². The number of halogens is 1. The molecule has 0 aliphatic heterocycles. The van der Waals surface area contributed by atoms with Crippen molar-refractivity contribution in [2.24, 2.45) is 0 Å². The largest absolute Gasteiger partial charge is 0.476 e. The molecule has 30 heavy (non-hydrogen) atoms. The van der Waals surface area contributed by atoms with Gasteiger partial charge in [-0.3, -0.25) is 0 Å². The number of carboxylic acids is 1. The Hall–Kier alpha value is -2.62. The Bertz CT molecular complexity index is 785. The molecule has 0 saturated carbocycles. The molecule has 1 aromatic heterocycles. The summed E-state index contributed by atoms with van der Waals surface area (Å²) in [5.41, 5.74) is 0.676. The summed E-state index contributed by atoms with van der Waals surface area (Å²) in [6.45, 7) is 3.46. The number of ether oxygens (including phenoxy) is 1. The van der Waals surface area contributed by atoms with Crippen LogP contribution in [0.3, 0.4) is 0 Å². The second-order valence-electron chi connectivity index (χ2n) is 7.23.